The first-order valence-electron chi connectivity index (χ1n) is 6.26. The summed E-state index contributed by atoms with van der Waals surface area (Å²) in [6.07, 6.45) is 0.422. The Kier molecular flexibility index (Phi) is 4.39. The van der Waals surface area contributed by atoms with Crippen LogP contribution in [-0.4, -0.2) is 48.5 Å². The molecule has 110 valence electrons. The van der Waals surface area contributed by atoms with Gasteiger partial charge >= 0.3 is 5.97 Å². The zero-order valence-electron chi connectivity index (χ0n) is 10.8. The van der Waals surface area contributed by atoms with Crippen molar-refractivity contribution < 1.29 is 22.7 Å². The number of nitrogens with zero attached hydrogens (tertiary/aromatic N) is 1. The van der Waals surface area contributed by atoms with Gasteiger partial charge in [-0.15, -0.1) is 0 Å². The summed E-state index contributed by atoms with van der Waals surface area (Å²) in [6.45, 7) is -0.0268. The number of benzene rings is 1. The van der Waals surface area contributed by atoms with Gasteiger partial charge in [0.25, 0.3) is 0 Å². The second-order valence-electron chi connectivity index (χ2n) is 4.99. The van der Waals surface area contributed by atoms with Gasteiger partial charge in [0, 0.05) is 12.6 Å². The molecule has 1 aliphatic heterocycles. The second-order valence-corrected chi connectivity index (χ2v) is 7.21. The molecule has 1 heterocycles. The average Bonchev–Trinajstić information content (AvgIpc) is 2.68. The molecule has 0 spiro atoms. The smallest absolute Gasteiger partial charge is 0.317 e. The van der Waals surface area contributed by atoms with E-state index in [2.05, 4.69) is 0 Å². The lowest BCUT2D eigenvalue weighted by atomic mass is 10.1. The molecule has 5 nitrogen and oxygen atoms in total. The van der Waals surface area contributed by atoms with E-state index in [1.165, 1.54) is 12.1 Å². The molecule has 2 rings (SSSR count). The molecular weight excluding hydrogens is 285 g/mol. The normalized spacial score (nSPS) is 21.2. The van der Waals surface area contributed by atoms with Gasteiger partial charge in [-0.25, -0.2) is 12.8 Å². The van der Waals surface area contributed by atoms with Gasteiger partial charge in [0.1, 0.15) is 5.82 Å². The summed E-state index contributed by atoms with van der Waals surface area (Å²) in [5.41, 5.74) is 0.635. The third kappa shape index (κ3) is 4.01. The molecule has 0 aromatic heterocycles. The summed E-state index contributed by atoms with van der Waals surface area (Å²) in [5, 5.41) is 8.94. The van der Waals surface area contributed by atoms with Crippen molar-refractivity contribution in [3.05, 3.63) is 35.6 Å². The molecule has 1 N–H and O–H groups in total. The number of halogens is 1. The number of carboxylic acid groups (broad SMARTS) is 1. The van der Waals surface area contributed by atoms with Crippen molar-refractivity contribution in [2.24, 2.45) is 0 Å². The number of rotatable bonds is 5. The zero-order valence-corrected chi connectivity index (χ0v) is 11.6. The van der Waals surface area contributed by atoms with Gasteiger partial charge in [0.15, 0.2) is 9.84 Å². The van der Waals surface area contributed by atoms with E-state index in [9.17, 15) is 17.6 Å². The largest absolute Gasteiger partial charge is 0.480 e. The van der Waals surface area contributed by atoms with Crippen LogP contribution in [0.15, 0.2) is 24.3 Å². The maximum absolute atomic E-state index is 13.1. The highest BCUT2D eigenvalue weighted by atomic mass is 32.2. The Morgan fingerprint density at radius 3 is 2.75 bits per heavy atom. The number of carboxylic acids is 1. The van der Waals surface area contributed by atoms with Crippen LogP contribution in [0.5, 0.6) is 0 Å². The van der Waals surface area contributed by atoms with Crippen LogP contribution >= 0.6 is 0 Å². The minimum Gasteiger partial charge on any atom is -0.480 e. The third-order valence-electron chi connectivity index (χ3n) is 3.34. The maximum atomic E-state index is 13.1. The van der Waals surface area contributed by atoms with E-state index in [0.717, 1.165) is 0 Å². The highest BCUT2D eigenvalue weighted by molar-refractivity contribution is 7.91. The Labute approximate surface area is 116 Å². The van der Waals surface area contributed by atoms with Gasteiger partial charge in [0.05, 0.1) is 18.1 Å². The fourth-order valence-corrected chi connectivity index (χ4v) is 4.18. The monoisotopic (exact) mass is 301 g/mol. The van der Waals surface area contributed by atoms with Crippen LogP contribution in [0.25, 0.3) is 0 Å². The lowest BCUT2D eigenvalue weighted by Gasteiger charge is -2.26. The van der Waals surface area contributed by atoms with Crippen LogP contribution in [0.2, 0.25) is 0 Å². The van der Waals surface area contributed by atoms with Crippen molar-refractivity contribution in [1.82, 2.24) is 4.90 Å². The quantitative estimate of drug-likeness (QED) is 0.874. The molecule has 1 aromatic rings. The molecule has 0 aliphatic carbocycles. The Morgan fingerprint density at radius 1 is 1.45 bits per heavy atom. The number of aliphatic carboxylic acids is 1. The van der Waals surface area contributed by atoms with Crippen molar-refractivity contribution in [3.8, 4) is 0 Å². The van der Waals surface area contributed by atoms with Gasteiger partial charge in [0.2, 0.25) is 0 Å². The molecule has 0 unspecified atom stereocenters. The summed E-state index contributed by atoms with van der Waals surface area (Å²) in [6, 6.07) is 5.57. The zero-order chi connectivity index (χ0) is 14.8. The number of hydrogen-bond donors (Lipinski definition) is 1. The standard InChI is InChI=1S/C13H16FNO4S/c14-11-3-1-2-10(6-11)7-15(8-13(16)17)12-4-5-20(18,19)9-12/h1-3,6,12H,4-5,7-9H2,(H,16,17)/t12-/m1/s1. The van der Waals surface area contributed by atoms with E-state index >= 15 is 0 Å². The minimum absolute atomic E-state index is 0.0321. The first-order chi connectivity index (χ1) is 9.35. The van der Waals surface area contributed by atoms with E-state index in [-0.39, 0.29) is 30.6 Å². The van der Waals surface area contributed by atoms with Crippen molar-refractivity contribution in [3.63, 3.8) is 0 Å². The molecule has 1 aliphatic rings. The summed E-state index contributed by atoms with van der Waals surface area (Å²) in [7, 11) is -3.09. The van der Waals surface area contributed by atoms with Crippen molar-refractivity contribution in [1.29, 1.82) is 0 Å². The van der Waals surface area contributed by atoms with Gasteiger partial charge in [-0.05, 0) is 24.1 Å². The van der Waals surface area contributed by atoms with E-state index in [4.69, 9.17) is 5.11 Å². The topological polar surface area (TPSA) is 74.7 Å². The molecule has 0 bridgehead atoms. The molecule has 0 saturated carbocycles. The molecule has 0 radical (unpaired) electrons. The van der Waals surface area contributed by atoms with Gasteiger partial charge < -0.3 is 5.11 Å². The number of carbonyl (C=O) groups is 1. The van der Waals surface area contributed by atoms with Crippen molar-refractivity contribution >= 4 is 15.8 Å². The number of sulfone groups is 1. The second kappa shape index (κ2) is 5.88. The highest BCUT2D eigenvalue weighted by Crippen LogP contribution is 2.20. The Hall–Kier alpha value is -1.47. The molecule has 1 aromatic carbocycles. The van der Waals surface area contributed by atoms with Crippen molar-refractivity contribution in [2.45, 2.75) is 19.0 Å². The fraction of sp³-hybridized carbons (Fsp3) is 0.462. The SMILES string of the molecule is O=C(O)CN(Cc1cccc(F)c1)[C@@H]1CCS(=O)(=O)C1. The molecule has 0 amide bonds. The number of hydrogen-bond acceptors (Lipinski definition) is 4. The van der Waals surface area contributed by atoms with Gasteiger partial charge in [-0.2, -0.15) is 0 Å². The first kappa shape index (κ1) is 14.9. The summed E-state index contributed by atoms with van der Waals surface area (Å²) < 4.78 is 36.2. The predicted molar refractivity (Wildman–Crippen MR) is 71.5 cm³/mol. The van der Waals surface area contributed by atoms with Crippen LogP contribution in [0, 0.1) is 5.82 Å². The third-order valence-corrected chi connectivity index (χ3v) is 5.09. The highest BCUT2D eigenvalue weighted by Gasteiger charge is 2.33. The molecule has 1 saturated heterocycles. The molecular formula is C13H16FNO4S. The molecule has 20 heavy (non-hydrogen) atoms. The lowest BCUT2D eigenvalue weighted by Crippen LogP contribution is -2.39. The first-order valence-corrected chi connectivity index (χ1v) is 8.08. The van der Waals surface area contributed by atoms with Crippen LogP contribution in [0.4, 0.5) is 4.39 Å². The van der Waals surface area contributed by atoms with E-state index in [0.29, 0.717) is 12.0 Å². The molecule has 7 heteroatoms. The van der Waals surface area contributed by atoms with Gasteiger partial charge in [-0.1, -0.05) is 12.1 Å². The van der Waals surface area contributed by atoms with E-state index in [1.54, 1.807) is 17.0 Å². The summed E-state index contributed by atoms with van der Waals surface area (Å²) in [5.74, 6) is -1.37. The van der Waals surface area contributed by atoms with Crippen LogP contribution in [-0.2, 0) is 21.2 Å². The molecule has 1 atom stereocenters. The van der Waals surface area contributed by atoms with Gasteiger partial charge in [-0.3, -0.25) is 9.69 Å². The lowest BCUT2D eigenvalue weighted by molar-refractivity contribution is -0.139. The Balaban J connectivity index is 2.14. The molecule has 1 fully saturated rings. The maximum Gasteiger partial charge on any atom is 0.317 e. The van der Waals surface area contributed by atoms with Crippen LogP contribution in [0.3, 0.4) is 0 Å². The average molecular weight is 301 g/mol. The fourth-order valence-electron chi connectivity index (χ4n) is 2.42. The van der Waals surface area contributed by atoms with Crippen molar-refractivity contribution in [2.75, 3.05) is 18.1 Å². The van der Waals surface area contributed by atoms with E-state index in [1.807, 2.05) is 0 Å². The Morgan fingerprint density at radius 2 is 2.20 bits per heavy atom. The summed E-state index contributed by atoms with van der Waals surface area (Å²) in [4.78, 5) is 12.5. The van der Waals surface area contributed by atoms with E-state index < -0.39 is 21.6 Å². The van der Waals surface area contributed by atoms with Crippen LogP contribution < -0.4 is 0 Å². The Bertz CT molecular complexity index is 602. The minimum atomic E-state index is -3.09. The predicted octanol–water partition coefficient (Wildman–Crippen LogP) is 0.899. The van der Waals surface area contributed by atoms with Crippen LogP contribution in [0.1, 0.15) is 12.0 Å². The summed E-state index contributed by atoms with van der Waals surface area (Å²) >= 11 is 0.